The van der Waals surface area contributed by atoms with E-state index in [1.54, 1.807) is 0 Å². The Kier molecular flexibility index (Phi) is 3.80. The SMILES string of the molecule is COCc1ccc(S(N)(=O)=O)c(C(F)(F)F)c1. The lowest BCUT2D eigenvalue weighted by Gasteiger charge is -2.12. The Morgan fingerprint density at radius 2 is 1.94 bits per heavy atom. The lowest BCUT2D eigenvalue weighted by molar-refractivity contribution is -0.140. The largest absolute Gasteiger partial charge is 0.417 e. The second-order valence-corrected chi connectivity index (χ2v) is 4.84. The summed E-state index contributed by atoms with van der Waals surface area (Å²) >= 11 is 0. The standard InChI is InChI=1S/C9H10F3NO3S/c1-16-5-6-2-3-8(17(13,14)15)7(4-6)9(10,11)12/h2-4H,5H2,1H3,(H2,13,14,15). The Balaban J connectivity index is 3.43. The molecule has 0 heterocycles. The van der Waals surface area contributed by atoms with E-state index in [2.05, 4.69) is 4.74 Å². The summed E-state index contributed by atoms with van der Waals surface area (Å²) in [5.74, 6) is 0. The first-order valence-corrected chi connectivity index (χ1v) is 5.92. The van der Waals surface area contributed by atoms with Crippen LogP contribution in [0.1, 0.15) is 11.1 Å². The van der Waals surface area contributed by atoms with Crippen LogP contribution in [0.5, 0.6) is 0 Å². The van der Waals surface area contributed by atoms with E-state index >= 15 is 0 Å². The second-order valence-electron chi connectivity index (χ2n) is 3.31. The molecule has 0 spiro atoms. The van der Waals surface area contributed by atoms with Crippen molar-refractivity contribution in [2.45, 2.75) is 17.7 Å². The molecule has 0 bridgehead atoms. The molecule has 1 rings (SSSR count). The molecule has 0 aromatic heterocycles. The summed E-state index contributed by atoms with van der Waals surface area (Å²) in [6.07, 6.45) is -4.79. The summed E-state index contributed by atoms with van der Waals surface area (Å²) in [4.78, 5) is -0.940. The van der Waals surface area contributed by atoms with Gasteiger partial charge in [0, 0.05) is 7.11 Å². The Morgan fingerprint density at radius 1 is 1.35 bits per heavy atom. The molecule has 1 aromatic carbocycles. The van der Waals surface area contributed by atoms with Crippen molar-refractivity contribution < 1.29 is 26.3 Å². The molecule has 4 nitrogen and oxygen atoms in total. The molecule has 0 aliphatic rings. The number of rotatable bonds is 3. The number of hydrogen-bond donors (Lipinski definition) is 1. The molecule has 0 aliphatic carbocycles. The topological polar surface area (TPSA) is 69.4 Å². The van der Waals surface area contributed by atoms with E-state index < -0.39 is 26.7 Å². The molecule has 0 saturated carbocycles. The van der Waals surface area contributed by atoms with Crippen LogP contribution in [0, 0.1) is 0 Å². The fraction of sp³-hybridized carbons (Fsp3) is 0.333. The first kappa shape index (κ1) is 13.9. The molecule has 0 fully saturated rings. The van der Waals surface area contributed by atoms with Gasteiger partial charge in [0.15, 0.2) is 0 Å². The van der Waals surface area contributed by atoms with E-state index in [4.69, 9.17) is 5.14 Å². The van der Waals surface area contributed by atoms with Gasteiger partial charge in [-0.2, -0.15) is 13.2 Å². The van der Waals surface area contributed by atoms with Crippen LogP contribution in [-0.4, -0.2) is 15.5 Å². The molecule has 0 amide bonds. The Bertz CT molecular complexity index is 511. The zero-order valence-electron chi connectivity index (χ0n) is 8.78. The first-order valence-electron chi connectivity index (χ1n) is 4.38. The van der Waals surface area contributed by atoms with Crippen LogP contribution >= 0.6 is 0 Å². The number of halogens is 3. The van der Waals surface area contributed by atoms with Gasteiger partial charge in [0.05, 0.1) is 17.1 Å². The monoisotopic (exact) mass is 269 g/mol. The maximum absolute atomic E-state index is 12.6. The Morgan fingerprint density at radius 3 is 2.35 bits per heavy atom. The van der Waals surface area contributed by atoms with Gasteiger partial charge >= 0.3 is 6.18 Å². The normalized spacial score (nSPS) is 12.8. The first-order chi connectivity index (χ1) is 7.66. The van der Waals surface area contributed by atoms with Gasteiger partial charge in [0.1, 0.15) is 0 Å². The third-order valence-electron chi connectivity index (χ3n) is 1.97. The number of methoxy groups -OCH3 is 1. The van der Waals surface area contributed by atoms with Gasteiger partial charge in [-0.05, 0) is 17.7 Å². The third kappa shape index (κ3) is 3.42. The van der Waals surface area contributed by atoms with E-state index in [0.717, 1.165) is 6.07 Å². The fourth-order valence-electron chi connectivity index (χ4n) is 1.30. The predicted molar refractivity (Wildman–Crippen MR) is 53.5 cm³/mol. The highest BCUT2D eigenvalue weighted by molar-refractivity contribution is 7.89. The Labute approximate surface area is 96.2 Å². The van der Waals surface area contributed by atoms with Crippen LogP contribution in [-0.2, 0) is 27.5 Å². The highest BCUT2D eigenvalue weighted by Crippen LogP contribution is 2.34. The minimum absolute atomic E-state index is 0.0476. The molecule has 0 atom stereocenters. The van der Waals surface area contributed by atoms with Crippen LogP contribution < -0.4 is 5.14 Å². The third-order valence-corrected chi connectivity index (χ3v) is 2.94. The molecular weight excluding hydrogens is 259 g/mol. The maximum atomic E-state index is 12.6. The summed E-state index contributed by atoms with van der Waals surface area (Å²) in [5.41, 5.74) is -1.07. The molecule has 8 heteroatoms. The average molecular weight is 269 g/mol. The van der Waals surface area contributed by atoms with Crippen molar-refractivity contribution in [2.75, 3.05) is 7.11 Å². The second kappa shape index (κ2) is 4.63. The summed E-state index contributed by atoms with van der Waals surface area (Å²) in [6.45, 7) is -0.0476. The van der Waals surface area contributed by atoms with Crippen LogP contribution in [0.3, 0.4) is 0 Å². The average Bonchev–Trinajstić information content (AvgIpc) is 2.15. The summed E-state index contributed by atoms with van der Waals surface area (Å²) < 4.78 is 64.6. The van der Waals surface area contributed by atoms with E-state index in [1.165, 1.54) is 13.2 Å². The molecule has 0 radical (unpaired) electrons. The van der Waals surface area contributed by atoms with Gasteiger partial charge in [-0.15, -0.1) is 0 Å². The van der Waals surface area contributed by atoms with E-state index in [0.29, 0.717) is 6.07 Å². The summed E-state index contributed by atoms with van der Waals surface area (Å²) in [5, 5.41) is 4.72. The van der Waals surface area contributed by atoms with E-state index in [-0.39, 0.29) is 12.2 Å². The van der Waals surface area contributed by atoms with Crippen LogP contribution in [0.15, 0.2) is 23.1 Å². The molecule has 96 valence electrons. The molecule has 2 N–H and O–H groups in total. The van der Waals surface area contributed by atoms with Gasteiger partial charge in [-0.25, -0.2) is 13.6 Å². The smallest absolute Gasteiger partial charge is 0.380 e. The zero-order valence-corrected chi connectivity index (χ0v) is 9.60. The minimum atomic E-state index is -4.79. The van der Waals surface area contributed by atoms with Crippen LogP contribution in [0.25, 0.3) is 0 Å². The van der Waals surface area contributed by atoms with Gasteiger partial charge in [-0.3, -0.25) is 0 Å². The lowest BCUT2D eigenvalue weighted by atomic mass is 10.1. The van der Waals surface area contributed by atoms with Crippen LogP contribution in [0.4, 0.5) is 13.2 Å². The molecule has 0 aliphatic heterocycles. The van der Waals surface area contributed by atoms with Crippen LogP contribution in [0.2, 0.25) is 0 Å². The number of nitrogens with two attached hydrogens (primary N) is 1. The number of sulfonamides is 1. The quantitative estimate of drug-likeness (QED) is 0.904. The number of ether oxygens (including phenoxy) is 1. The summed E-state index contributed by atoms with van der Waals surface area (Å²) in [6, 6.07) is 2.76. The van der Waals surface area contributed by atoms with E-state index in [9.17, 15) is 21.6 Å². The molecular formula is C9H10F3NO3S. The van der Waals surface area contributed by atoms with E-state index in [1.807, 2.05) is 0 Å². The molecule has 0 unspecified atom stereocenters. The zero-order chi connectivity index (χ0) is 13.3. The number of alkyl halides is 3. The van der Waals surface area contributed by atoms with Gasteiger partial charge in [0.2, 0.25) is 10.0 Å². The number of primary sulfonamides is 1. The molecule has 17 heavy (non-hydrogen) atoms. The molecule has 1 aromatic rings. The maximum Gasteiger partial charge on any atom is 0.417 e. The highest BCUT2D eigenvalue weighted by Gasteiger charge is 2.36. The van der Waals surface area contributed by atoms with Crippen molar-refractivity contribution in [1.29, 1.82) is 0 Å². The predicted octanol–water partition coefficient (Wildman–Crippen LogP) is 1.50. The number of hydrogen-bond acceptors (Lipinski definition) is 3. The van der Waals surface area contributed by atoms with Gasteiger partial charge in [-0.1, -0.05) is 6.07 Å². The Hall–Kier alpha value is -1.12. The van der Waals surface area contributed by atoms with Crippen molar-refractivity contribution in [3.8, 4) is 0 Å². The van der Waals surface area contributed by atoms with Crippen molar-refractivity contribution in [2.24, 2.45) is 5.14 Å². The summed E-state index contributed by atoms with van der Waals surface area (Å²) in [7, 11) is -3.09. The number of benzene rings is 1. The minimum Gasteiger partial charge on any atom is -0.380 e. The lowest BCUT2D eigenvalue weighted by Crippen LogP contribution is -2.19. The van der Waals surface area contributed by atoms with Crippen molar-refractivity contribution in [3.63, 3.8) is 0 Å². The highest BCUT2D eigenvalue weighted by atomic mass is 32.2. The molecule has 0 saturated heterocycles. The van der Waals surface area contributed by atoms with Gasteiger partial charge < -0.3 is 4.74 Å². The van der Waals surface area contributed by atoms with Crippen molar-refractivity contribution >= 4 is 10.0 Å². The van der Waals surface area contributed by atoms with Crippen molar-refractivity contribution in [1.82, 2.24) is 0 Å². The fourth-order valence-corrected chi connectivity index (χ4v) is 2.04. The van der Waals surface area contributed by atoms with Crippen molar-refractivity contribution in [3.05, 3.63) is 29.3 Å². The van der Waals surface area contributed by atoms with Gasteiger partial charge in [0.25, 0.3) is 0 Å².